The lowest BCUT2D eigenvalue weighted by atomic mass is 9.94. The van der Waals surface area contributed by atoms with Crippen LogP contribution in [0.3, 0.4) is 0 Å². The van der Waals surface area contributed by atoms with Gasteiger partial charge in [0.25, 0.3) is 0 Å². The Balaban J connectivity index is 1.98. The van der Waals surface area contributed by atoms with Crippen molar-refractivity contribution in [3.63, 3.8) is 0 Å². The molecule has 0 saturated carbocycles. The summed E-state index contributed by atoms with van der Waals surface area (Å²) in [7, 11) is 0. The molecule has 0 spiro atoms. The summed E-state index contributed by atoms with van der Waals surface area (Å²) >= 11 is 0. The second kappa shape index (κ2) is 6.23. The van der Waals surface area contributed by atoms with Gasteiger partial charge in [-0.15, -0.1) is 12.3 Å². The van der Waals surface area contributed by atoms with E-state index < -0.39 is 0 Å². The first kappa shape index (κ1) is 12.7. The first-order valence-corrected chi connectivity index (χ1v) is 6.35. The molecule has 3 nitrogen and oxygen atoms in total. The van der Waals surface area contributed by atoms with Gasteiger partial charge in [-0.05, 0) is 24.0 Å². The van der Waals surface area contributed by atoms with Crippen molar-refractivity contribution in [1.29, 1.82) is 0 Å². The van der Waals surface area contributed by atoms with Crippen molar-refractivity contribution in [3.05, 3.63) is 35.4 Å². The molecule has 3 heteroatoms. The normalized spacial score (nSPS) is 17.6. The van der Waals surface area contributed by atoms with E-state index in [0.29, 0.717) is 13.0 Å². The van der Waals surface area contributed by atoms with Crippen LogP contribution in [0.1, 0.15) is 30.0 Å². The van der Waals surface area contributed by atoms with Crippen molar-refractivity contribution in [2.45, 2.75) is 25.3 Å². The Morgan fingerprint density at radius 2 is 2.33 bits per heavy atom. The van der Waals surface area contributed by atoms with Gasteiger partial charge in [-0.25, -0.2) is 0 Å². The molecule has 1 unspecified atom stereocenters. The van der Waals surface area contributed by atoms with Crippen LogP contribution in [0.5, 0.6) is 0 Å². The Labute approximate surface area is 108 Å². The van der Waals surface area contributed by atoms with E-state index in [1.807, 2.05) is 18.2 Å². The van der Waals surface area contributed by atoms with Crippen molar-refractivity contribution in [3.8, 4) is 12.3 Å². The number of terminal acetylenes is 1. The highest BCUT2D eigenvalue weighted by atomic mass is 16.2. The first-order valence-electron chi connectivity index (χ1n) is 6.35. The highest BCUT2D eigenvalue weighted by Gasteiger charge is 2.24. The van der Waals surface area contributed by atoms with E-state index in [9.17, 15) is 4.79 Å². The van der Waals surface area contributed by atoms with Gasteiger partial charge in [0.05, 0.1) is 0 Å². The van der Waals surface area contributed by atoms with Gasteiger partial charge in [-0.3, -0.25) is 4.79 Å². The second-order valence-corrected chi connectivity index (χ2v) is 4.43. The minimum Gasteiger partial charge on any atom is -0.354 e. The number of hydrogen-bond donors (Lipinski definition) is 2. The summed E-state index contributed by atoms with van der Waals surface area (Å²) < 4.78 is 0. The van der Waals surface area contributed by atoms with Gasteiger partial charge >= 0.3 is 0 Å². The Bertz CT molecular complexity index is 462. The molecule has 18 heavy (non-hydrogen) atoms. The Kier molecular flexibility index (Phi) is 4.38. The maximum Gasteiger partial charge on any atom is 0.241 e. The molecule has 1 atom stereocenters. The van der Waals surface area contributed by atoms with Crippen molar-refractivity contribution < 1.29 is 4.79 Å². The molecule has 0 radical (unpaired) electrons. The quantitative estimate of drug-likeness (QED) is 0.619. The van der Waals surface area contributed by atoms with Crippen LogP contribution < -0.4 is 10.6 Å². The summed E-state index contributed by atoms with van der Waals surface area (Å²) in [4.78, 5) is 12.1. The highest BCUT2D eigenvalue weighted by molar-refractivity contribution is 5.83. The zero-order chi connectivity index (χ0) is 12.8. The lowest BCUT2D eigenvalue weighted by Gasteiger charge is -2.26. The summed E-state index contributed by atoms with van der Waals surface area (Å²) in [5.74, 6) is 2.61. The predicted octanol–water partition coefficient (Wildman–Crippen LogP) is 1.40. The average Bonchev–Trinajstić information content (AvgIpc) is 2.43. The molecule has 0 bridgehead atoms. The van der Waals surface area contributed by atoms with E-state index in [4.69, 9.17) is 6.42 Å². The van der Waals surface area contributed by atoms with Crippen LogP contribution in [-0.2, 0) is 11.2 Å². The summed E-state index contributed by atoms with van der Waals surface area (Å²) in [5, 5.41) is 6.19. The number of carbonyl (C=O) groups excluding carboxylic acids is 1. The van der Waals surface area contributed by atoms with Crippen LogP contribution >= 0.6 is 0 Å². The van der Waals surface area contributed by atoms with Crippen molar-refractivity contribution in [2.75, 3.05) is 13.1 Å². The van der Waals surface area contributed by atoms with Gasteiger partial charge in [-0.2, -0.15) is 0 Å². The lowest BCUT2D eigenvalue weighted by molar-refractivity contribution is -0.123. The van der Waals surface area contributed by atoms with Crippen LogP contribution in [0.25, 0.3) is 0 Å². The van der Waals surface area contributed by atoms with Gasteiger partial charge in [-0.1, -0.05) is 24.3 Å². The fourth-order valence-electron chi connectivity index (χ4n) is 2.24. The third kappa shape index (κ3) is 2.91. The van der Waals surface area contributed by atoms with Crippen LogP contribution in [0.4, 0.5) is 0 Å². The van der Waals surface area contributed by atoms with Gasteiger partial charge in [0, 0.05) is 19.5 Å². The van der Waals surface area contributed by atoms with E-state index in [1.165, 1.54) is 5.56 Å². The monoisotopic (exact) mass is 242 g/mol. The molecule has 1 aromatic carbocycles. The van der Waals surface area contributed by atoms with E-state index in [2.05, 4.69) is 22.6 Å². The minimum absolute atomic E-state index is 0.0409. The van der Waals surface area contributed by atoms with Gasteiger partial charge in [0.15, 0.2) is 0 Å². The Hall–Kier alpha value is -1.79. The molecule has 1 aliphatic rings. The average molecular weight is 242 g/mol. The smallest absolute Gasteiger partial charge is 0.241 e. The number of rotatable bonds is 4. The molecule has 0 fully saturated rings. The molecule has 1 heterocycles. The largest absolute Gasteiger partial charge is 0.354 e. The van der Waals surface area contributed by atoms with Gasteiger partial charge < -0.3 is 10.6 Å². The number of unbranched alkanes of at least 4 members (excludes halogenated alkanes) is 1. The number of carbonyl (C=O) groups is 1. The first-order chi connectivity index (χ1) is 8.83. The Morgan fingerprint density at radius 3 is 3.17 bits per heavy atom. The number of hydrogen-bond acceptors (Lipinski definition) is 2. The maximum atomic E-state index is 12.1. The molecule has 0 aliphatic carbocycles. The summed E-state index contributed by atoms with van der Waals surface area (Å²) in [6, 6.07) is 7.89. The Morgan fingerprint density at radius 1 is 1.50 bits per heavy atom. The standard InChI is InChI=1S/C15H18N2O/c1-2-3-6-10-17-15(18)14-13-8-5-4-7-12(13)9-11-16-14/h1,4-5,7-8,14,16H,3,6,9-11H2,(H,17,18). The fourth-order valence-corrected chi connectivity index (χ4v) is 2.24. The van der Waals surface area contributed by atoms with Crippen LogP contribution in [0.2, 0.25) is 0 Å². The van der Waals surface area contributed by atoms with E-state index >= 15 is 0 Å². The minimum atomic E-state index is -0.221. The van der Waals surface area contributed by atoms with E-state index in [0.717, 1.165) is 24.9 Å². The van der Waals surface area contributed by atoms with Crippen molar-refractivity contribution in [2.24, 2.45) is 0 Å². The molecule has 0 aromatic heterocycles. The topological polar surface area (TPSA) is 41.1 Å². The lowest BCUT2D eigenvalue weighted by Crippen LogP contribution is -2.41. The SMILES string of the molecule is C#CCCCNC(=O)C1NCCc2ccccc21. The third-order valence-electron chi connectivity index (χ3n) is 3.17. The molecule has 1 aromatic rings. The number of fused-ring (bicyclic) bond motifs is 1. The molecule has 2 rings (SSSR count). The van der Waals surface area contributed by atoms with Crippen molar-refractivity contribution in [1.82, 2.24) is 10.6 Å². The number of benzene rings is 1. The summed E-state index contributed by atoms with van der Waals surface area (Å²) in [6.45, 7) is 1.49. The number of amides is 1. The summed E-state index contributed by atoms with van der Waals surface area (Å²) in [5.41, 5.74) is 2.36. The maximum absolute atomic E-state index is 12.1. The van der Waals surface area contributed by atoms with Crippen LogP contribution in [-0.4, -0.2) is 19.0 Å². The van der Waals surface area contributed by atoms with Crippen molar-refractivity contribution >= 4 is 5.91 Å². The molecule has 0 saturated heterocycles. The molecular formula is C15H18N2O. The zero-order valence-electron chi connectivity index (χ0n) is 10.4. The zero-order valence-corrected chi connectivity index (χ0v) is 10.4. The molecule has 1 amide bonds. The summed E-state index contributed by atoms with van der Waals surface area (Å²) in [6.07, 6.45) is 7.69. The predicted molar refractivity (Wildman–Crippen MR) is 72.0 cm³/mol. The van der Waals surface area contributed by atoms with Crippen LogP contribution in [0, 0.1) is 12.3 Å². The van der Waals surface area contributed by atoms with Crippen LogP contribution in [0.15, 0.2) is 24.3 Å². The van der Waals surface area contributed by atoms with E-state index in [-0.39, 0.29) is 11.9 Å². The highest BCUT2D eigenvalue weighted by Crippen LogP contribution is 2.22. The number of nitrogens with one attached hydrogen (secondary N) is 2. The second-order valence-electron chi connectivity index (χ2n) is 4.43. The molecule has 1 aliphatic heterocycles. The van der Waals surface area contributed by atoms with E-state index in [1.54, 1.807) is 0 Å². The molecule has 2 N–H and O–H groups in total. The fraction of sp³-hybridized carbons (Fsp3) is 0.400. The van der Waals surface area contributed by atoms with Gasteiger partial charge in [0.2, 0.25) is 5.91 Å². The molecule has 94 valence electrons. The third-order valence-corrected chi connectivity index (χ3v) is 3.17. The molecular weight excluding hydrogens is 224 g/mol. The van der Waals surface area contributed by atoms with Gasteiger partial charge in [0.1, 0.15) is 6.04 Å².